The molecule has 2 saturated heterocycles. The first kappa shape index (κ1) is 21.7. The van der Waals surface area contributed by atoms with Gasteiger partial charge in [-0.1, -0.05) is 18.7 Å². The first-order valence-electron chi connectivity index (χ1n) is 12.3. The fourth-order valence-electron chi connectivity index (χ4n) is 5.74. The van der Waals surface area contributed by atoms with Crippen LogP contribution in [-0.2, 0) is 6.54 Å². The Morgan fingerprint density at radius 3 is 2.86 bits per heavy atom. The number of anilines is 1. The highest BCUT2D eigenvalue weighted by atomic mass is 15.2. The summed E-state index contributed by atoms with van der Waals surface area (Å²) < 4.78 is 4.59. The number of benzene rings is 1. The third-order valence-electron chi connectivity index (χ3n) is 7.78. The summed E-state index contributed by atoms with van der Waals surface area (Å²) in [5.74, 6) is 0.965. The second-order valence-corrected chi connectivity index (χ2v) is 10.2. The lowest BCUT2D eigenvalue weighted by atomic mass is 9.79. The zero-order chi connectivity index (χ0) is 24.2. The molecule has 176 valence electrons. The van der Waals surface area contributed by atoms with Gasteiger partial charge in [-0.25, -0.2) is 4.98 Å². The van der Waals surface area contributed by atoms with Crippen molar-refractivity contribution >= 4 is 11.3 Å². The summed E-state index contributed by atoms with van der Waals surface area (Å²) >= 11 is 0. The number of allylic oxidation sites excluding steroid dienone is 5. The minimum atomic E-state index is 0.471. The SMILES string of the molecule is C=C/C(C#N)=C\C=C(/C)c1cc2n(c1)Cc1cc(N3CC4(CCNC4)C3)ccc1-n1c(C)cnc1-2. The van der Waals surface area contributed by atoms with Crippen LogP contribution in [0, 0.1) is 23.7 Å². The summed E-state index contributed by atoms with van der Waals surface area (Å²) in [7, 11) is 0. The van der Waals surface area contributed by atoms with Crippen LogP contribution in [0.5, 0.6) is 0 Å². The number of hydrogen-bond donors (Lipinski definition) is 1. The Morgan fingerprint density at radius 1 is 1.26 bits per heavy atom. The first-order chi connectivity index (χ1) is 17.0. The average Bonchev–Trinajstić information content (AvgIpc) is 3.56. The molecule has 2 fully saturated rings. The molecule has 1 spiro atoms. The normalized spacial score (nSPS) is 18.4. The van der Waals surface area contributed by atoms with Crippen molar-refractivity contribution in [3.8, 4) is 23.3 Å². The van der Waals surface area contributed by atoms with Gasteiger partial charge < -0.3 is 14.8 Å². The Labute approximate surface area is 206 Å². The third kappa shape index (κ3) is 3.55. The highest BCUT2D eigenvalue weighted by molar-refractivity contribution is 5.72. The smallest absolute Gasteiger partial charge is 0.161 e. The number of nitriles is 1. The van der Waals surface area contributed by atoms with E-state index in [2.05, 4.69) is 76.3 Å². The first-order valence-corrected chi connectivity index (χ1v) is 12.3. The molecular weight excluding hydrogens is 432 g/mol. The van der Waals surface area contributed by atoms with E-state index in [-0.39, 0.29) is 0 Å². The quantitative estimate of drug-likeness (QED) is 0.348. The van der Waals surface area contributed by atoms with E-state index in [1.54, 1.807) is 6.08 Å². The standard InChI is InChI=1S/C29H30N6/c1-4-22(13-30)6-5-20(2)23-12-27-28-32-14-21(3)35(28)26-8-7-25(11-24(26)16-33(27)15-23)34-18-29(19-34)9-10-31-17-29/h4-8,11-12,14-15,31H,1,9-10,16-19H2,2-3H3/b20-5+,22-6+. The topological polar surface area (TPSA) is 61.8 Å². The molecule has 6 rings (SSSR count). The molecule has 0 saturated carbocycles. The van der Waals surface area contributed by atoms with Crippen molar-refractivity contribution in [3.63, 3.8) is 0 Å². The van der Waals surface area contributed by atoms with Gasteiger partial charge in [0, 0.05) is 55.4 Å². The van der Waals surface area contributed by atoms with Crippen molar-refractivity contribution in [3.05, 3.63) is 83.9 Å². The van der Waals surface area contributed by atoms with Crippen LogP contribution in [0.2, 0.25) is 0 Å². The highest BCUT2D eigenvalue weighted by Gasteiger charge is 2.45. The average molecular weight is 463 g/mol. The molecule has 2 aromatic heterocycles. The number of aromatic nitrogens is 3. The van der Waals surface area contributed by atoms with Crippen molar-refractivity contribution in [2.45, 2.75) is 26.8 Å². The molecule has 3 aliphatic rings. The lowest BCUT2D eigenvalue weighted by Gasteiger charge is -2.49. The molecule has 0 unspecified atom stereocenters. The van der Waals surface area contributed by atoms with Gasteiger partial charge in [-0.2, -0.15) is 5.26 Å². The van der Waals surface area contributed by atoms with Crippen molar-refractivity contribution < 1.29 is 0 Å². The van der Waals surface area contributed by atoms with Gasteiger partial charge in [0.05, 0.1) is 23.0 Å². The number of rotatable bonds is 4. The molecule has 0 bridgehead atoms. The molecular formula is C29H30N6. The van der Waals surface area contributed by atoms with E-state index < -0.39 is 0 Å². The second kappa shape index (κ2) is 8.14. The molecule has 0 radical (unpaired) electrons. The predicted octanol–water partition coefficient (Wildman–Crippen LogP) is 4.85. The van der Waals surface area contributed by atoms with E-state index in [0.29, 0.717) is 11.0 Å². The zero-order valence-corrected chi connectivity index (χ0v) is 20.4. The summed E-state index contributed by atoms with van der Waals surface area (Å²) in [6.45, 7) is 13.3. The van der Waals surface area contributed by atoms with Crippen LogP contribution in [-0.4, -0.2) is 40.3 Å². The van der Waals surface area contributed by atoms with Crippen molar-refractivity contribution in [1.82, 2.24) is 19.4 Å². The molecule has 1 aromatic carbocycles. The second-order valence-electron chi connectivity index (χ2n) is 10.2. The van der Waals surface area contributed by atoms with Crippen molar-refractivity contribution in [1.29, 1.82) is 5.26 Å². The maximum Gasteiger partial charge on any atom is 0.161 e. The largest absolute Gasteiger partial charge is 0.370 e. The van der Waals surface area contributed by atoms with E-state index in [0.717, 1.165) is 61.1 Å². The Kier molecular flexibility index (Phi) is 5.05. The number of aryl methyl sites for hydroxylation is 1. The summed E-state index contributed by atoms with van der Waals surface area (Å²) in [6, 6.07) is 11.3. The number of nitrogens with zero attached hydrogens (tertiary/aromatic N) is 5. The monoisotopic (exact) mass is 462 g/mol. The van der Waals surface area contributed by atoms with Gasteiger partial charge >= 0.3 is 0 Å². The minimum absolute atomic E-state index is 0.471. The number of fused-ring (bicyclic) bond motifs is 5. The predicted molar refractivity (Wildman–Crippen MR) is 141 cm³/mol. The van der Waals surface area contributed by atoms with Crippen molar-refractivity contribution in [2.75, 3.05) is 31.1 Å². The molecule has 0 amide bonds. The lowest BCUT2D eigenvalue weighted by Crippen LogP contribution is -2.57. The van der Waals surface area contributed by atoms with Crippen LogP contribution in [0.15, 0.2) is 67.0 Å². The van der Waals surface area contributed by atoms with Gasteiger partial charge in [-0.3, -0.25) is 4.57 Å². The molecule has 5 heterocycles. The molecule has 0 atom stereocenters. The molecule has 35 heavy (non-hydrogen) atoms. The van der Waals surface area contributed by atoms with Crippen LogP contribution >= 0.6 is 0 Å². The lowest BCUT2D eigenvalue weighted by molar-refractivity contribution is 0.243. The van der Waals surface area contributed by atoms with Gasteiger partial charge in [0.15, 0.2) is 5.82 Å². The fraction of sp³-hybridized carbons (Fsp3) is 0.310. The van der Waals surface area contributed by atoms with E-state index in [4.69, 9.17) is 4.98 Å². The van der Waals surface area contributed by atoms with Crippen LogP contribution in [0.25, 0.3) is 22.8 Å². The van der Waals surface area contributed by atoms with Crippen LogP contribution in [0.1, 0.15) is 30.2 Å². The summed E-state index contributed by atoms with van der Waals surface area (Å²) in [5, 5.41) is 12.7. The Morgan fingerprint density at radius 2 is 2.11 bits per heavy atom. The molecule has 6 heteroatoms. The van der Waals surface area contributed by atoms with Gasteiger partial charge in [0.2, 0.25) is 0 Å². The number of hydrogen-bond acceptors (Lipinski definition) is 4. The third-order valence-corrected chi connectivity index (χ3v) is 7.78. The summed E-state index contributed by atoms with van der Waals surface area (Å²) in [4.78, 5) is 7.32. The van der Waals surface area contributed by atoms with Crippen LogP contribution in [0.3, 0.4) is 0 Å². The maximum absolute atomic E-state index is 9.18. The van der Waals surface area contributed by atoms with Crippen molar-refractivity contribution in [2.24, 2.45) is 5.41 Å². The van der Waals surface area contributed by atoms with E-state index >= 15 is 0 Å². The van der Waals surface area contributed by atoms with Gasteiger partial charge in [0.1, 0.15) is 0 Å². The maximum atomic E-state index is 9.18. The fourth-order valence-corrected chi connectivity index (χ4v) is 5.74. The van der Waals surface area contributed by atoms with E-state index in [1.807, 2.05) is 18.3 Å². The molecule has 6 nitrogen and oxygen atoms in total. The van der Waals surface area contributed by atoms with E-state index in [1.165, 1.54) is 23.4 Å². The van der Waals surface area contributed by atoms with Gasteiger partial charge in [0.25, 0.3) is 0 Å². The van der Waals surface area contributed by atoms with E-state index in [9.17, 15) is 5.26 Å². The van der Waals surface area contributed by atoms with Gasteiger partial charge in [-0.15, -0.1) is 0 Å². The molecule has 3 aromatic rings. The highest BCUT2D eigenvalue weighted by Crippen LogP contribution is 2.41. The molecule has 0 aliphatic carbocycles. The number of imidazole rings is 1. The Balaban J connectivity index is 1.38. The molecule has 1 N–H and O–H groups in total. The summed E-state index contributed by atoms with van der Waals surface area (Å²) in [6.07, 6.45) is 10.8. The zero-order valence-electron chi connectivity index (χ0n) is 20.4. The van der Waals surface area contributed by atoms with Crippen LogP contribution < -0.4 is 10.2 Å². The van der Waals surface area contributed by atoms with Gasteiger partial charge in [-0.05, 0) is 73.9 Å². The minimum Gasteiger partial charge on any atom is -0.370 e. The number of nitrogens with one attached hydrogen (secondary N) is 1. The molecule has 3 aliphatic heterocycles. The van der Waals surface area contributed by atoms with Crippen LogP contribution in [0.4, 0.5) is 5.69 Å². The summed E-state index contributed by atoms with van der Waals surface area (Å²) in [5.41, 5.74) is 9.31. The Hall–Kier alpha value is -3.82. The Bertz CT molecular complexity index is 1430.